The van der Waals surface area contributed by atoms with E-state index in [0.717, 1.165) is 12.1 Å². The van der Waals surface area contributed by atoms with Crippen LogP contribution in [0, 0.1) is 0 Å². The van der Waals surface area contributed by atoms with Crippen LogP contribution >= 0.6 is 23.2 Å². The number of sulfonamides is 1. The maximum Gasteiger partial charge on any atom is 0.358 e. The second-order valence-corrected chi connectivity index (χ2v) is 9.35. The van der Waals surface area contributed by atoms with E-state index in [0.29, 0.717) is 43.6 Å². The Morgan fingerprint density at radius 3 is 2.25 bits per heavy atom. The SMILES string of the molecule is CCCn1c(CC)nc(NS(=O)(=O)c2ccc(N(CCCl)CCCl)cc2)c1C(=O)OCC. The highest BCUT2D eigenvalue weighted by Crippen LogP contribution is 2.25. The van der Waals surface area contributed by atoms with Gasteiger partial charge in [-0.25, -0.2) is 18.2 Å². The van der Waals surface area contributed by atoms with Crippen molar-refractivity contribution in [2.24, 2.45) is 0 Å². The van der Waals surface area contributed by atoms with Crippen molar-refractivity contribution < 1.29 is 17.9 Å². The normalized spacial score (nSPS) is 11.4. The number of alkyl halides is 2. The minimum Gasteiger partial charge on any atom is -0.461 e. The number of carbonyl (C=O) groups is 1. The first-order chi connectivity index (χ1) is 15.3. The van der Waals surface area contributed by atoms with Gasteiger partial charge in [-0.05, 0) is 37.6 Å². The van der Waals surface area contributed by atoms with Crippen molar-refractivity contribution in [2.75, 3.05) is 41.1 Å². The molecule has 0 saturated carbocycles. The van der Waals surface area contributed by atoms with Gasteiger partial charge >= 0.3 is 5.97 Å². The molecule has 2 rings (SSSR count). The standard InChI is InChI=1S/C21H30Cl2N4O4S/c1-4-13-27-18(5-2)24-20(19(27)21(28)31-6-3)25-32(29,30)17-9-7-16(8-10-17)26(14-11-22)15-12-23/h7-10,25H,4-6,11-15H2,1-3H3. The highest BCUT2D eigenvalue weighted by Gasteiger charge is 2.27. The summed E-state index contributed by atoms with van der Waals surface area (Å²) in [6, 6.07) is 6.40. The molecule has 0 aliphatic heterocycles. The summed E-state index contributed by atoms with van der Waals surface area (Å²) in [5.41, 5.74) is 0.930. The van der Waals surface area contributed by atoms with Gasteiger partial charge in [0.05, 0.1) is 11.5 Å². The predicted molar refractivity (Wildman–Crippen MR) is 129 cm³/mol. The third-order valence-corrected chi connectivity index (χ3v) is 6.42. The van der Waals surface area contributed by atoms with Crippen LogP contribution < -0.4 is 9.62 Å². The van der Waals surface area contributed by atoms with E-state index in [1.54, 1.807) is 23.6 Å². The number of esters is 1. The van der Waals surface area contributed by atoms with Crippen LogP contribution in [-0.2, 0) is 27.7 Å². The van der Waals surface area contributed by atoms with Crippen LogP contribution in [-0.4, -0.2) is 55.4 Å². The summed E-state index contributed by atoms with van der Waals surface area (Å²) in [7, 11) is -3.98. The van der Waals surface area contributed by atoms with Gasteiger partial charge in [-0.1, -0.05) is 13.8 Å². The highest BCUT2D eigenvalue weighted by atomic mass is 35.5. The number of nitrogens with one attached hydrogen (secondary N) is 1. The maximum atomic E-state index is 13.1. The van der Waals surface area contributed by atoms with Crippen molar-refractivity contribution >= 4 is 50.7 Å². The van der Waals surface area contributed by atoms with Crippen LogP contribution in [0.25, 0.3) is 0 Å². The van der Waals surface area contributed by atoms with E-state index in [4.69, 9.17) is 27.9 Å². The lowest BCUT2D eigenvalue weighted by molar-refractivity contribution is 0.0514. The third-order valence-electron chi connectivity index (χ3n) is 4.73. The summed E-state index contributed by atoms with van der Waals surface area (Å²) in [5, 5.41) is 0. The number of ether oxygens (including phenoxy) is 1. The summed E-state index contributed by atoms with van der Waals surface area (Å²) < 4.78 is 35.5. The summed E-state index contributed by atoms with van der Waals surface area (Å²) >= 11 is 11.7. The number of anilines is 2. The molecule has 8 nitrogen and oxygen atoms in total. The zero-order valence-corrected chi connectivity index (χ0v) is 20.9. The molecule has 0 unspecified atom stereocenters. The molecule has 0 aliphatic carbocycles. The Morgan fingerprint density at radius 1 is 1.12 bits per heavy atom. The maximum absolute atomic E-state index is 13.1. The molecule has 178 valence electrons. The third kappa shape index (κ3) is 6.30. The number of nitrogens with zero attached hydrogens (tertiary/aromatic N) is 3. The van der Waals surface area contributed by atoms with E-state index in [2.05, 4.69) is 9.71 Å². The number of rotatable bonds is 13. The smallest absolute Gasteiger partial charge is 0.358 e. The zero-order valence-electron chi connectivity index (χ0n) is 18.6. The summed E-state index contributed by atoms with van der Waals surface area (Å²) in [6.45, 7) is 7.45. The van der Waals surface area contributed by atoms with Gasteiger partial charge in [-0.2, -0.15) is 0 Å². The lowest BCUT2D eigenvalue weighted by Gasteiger charge is -2.23. The molecule has 0 saturated heterocycles. The first-order valence-electron chi connectivity index (χ1n) is 10.6. The Labute approximate surface area is 199 Å². The van der Waals surface area contributed by atoms with Crippen LogP contribution in [0.15, 0.2) is 29.2 Å². The van der Waals surface area contributed by atoms with E-state index in [-0.39, 0.29) is 23.0 Å². The first-order valence-corrected chi connectivity index (χ1v) is 13.1. The second kappa shape index (κ2) is 12.3. The lowest BCUT2D eigenvalue weighted by Crippen LogP contribution is -2.27. The van der Waals surface area contributed by atoms with Crippen LogP contribution in [0.5, 0.6) is 0 Å². The summed E-state index contributed by atoms with van der Waals surface area (Å²) in [5.74, 6) is 0.827. The number of aryl methyl sites for hydroxylation is 1. The molecule has 0 atom stereocenters. The minimum atomic E-state index is -3.98. The molecule has 1 N–H and O–H groups in total. The predicted octanol–water partition coefficient (Wildman–Crippen LogP) is 4.12. The number of hydrogen-bond acceptors (Lipinski definition) is 6. The molecule has 1 aromatic heterocycles. The van der Waals surface area contributed by atoms with E-state index >= 15 is 0 Å². The molecular formula is C21H30Cl2N4O4S. The highest BCUT2D eigenvalue weighted by molar-refractivity contribution is 7.92. The van der Waals surface area contributed by atoms with Crippen LogP contribution in [0.2, 0.25) is 0 Å². The fourth-order valence-electron chi connectivity index (χ4n) is 3.31. The Morgan fingerprint density at radius 2 is 1.75 bits per heavy atom. The molecule has 0 aliphatic rings. The van der Waals surface area contributed by atoms with Gasteiger partial charge < -0.3 is 14.2 Å². The number of imidazole rings is 1. The van der Waals surface area contributed by atoms with Crippen molar-refractivity contribution in [2.45, 2.75) is 45.1 Å². The average molecular weight is 505 g/mol. The van der Waals surface area contributed by atoms with Crippen molar-refractivity contribution in [1.29, 1.82) is 0 Å². The Bertz CT molecular complexity index is 988. The van der Waals surface area contributed by atoms with E-state index in [1.165, 1.54) is 12.1 Å². The van der Waals surface area contributed by atoms with Crippen LogP contribution in [0.4, 0.5) is 11.5 Å². The number of carbonyl (C=O) groups excluding carboxylic acids is 1. The minimum absolute atomic E-state index is 0.0243. The Balaban J connectivity index is 2.39. The topological polar surface area (TPSA) is 93.5 Å². The van der Waals surface area contributed by atoms with Gasteiger partial charge in [0.2, 0.25) is 0 Å². The molecule has 2 aromatic rings. The molecule has 1 heterocycles. The molecule has 1 aromatic carbocycles. The van der Waals surface area contributed by atoms with Gasteiger partial charge in [0, 0.05) is 43.5 Å². The van der Waals surface area contributed by atoms with Crippen molar-refractivity contribution in [1.82, 2.24) is 9.55 Å². The van der Waals surface area contributed by atoms with Gasteiger partial charge in [-0.15, -0.1) is 23.2 Å². The molecule has 0 spiro atoms. The average Bonchev–Trinajstić information content (AvgIpc) is 3.10. The quantitative estimate of drug-likeness (QED) is 0.325. The van der Waals surface area contributed by atoms with E-state index in [9.17, 15) is 13.2 Å². The van der Waals surface area contributed by atoms with Crippen molar-refractivity contribution in [3.05, 3.63) is 35.8 Å². The second-order valence-electron chi connectivity index (χ2n) is 6.92. The zero-order chi connectivity index (χ0) is 23.7. The van der Waals surface area contributed by atoms with Crippen molar-refractivity contribution in [3.63, 3.8) is 0 Å². The number of aromatic nitrogens is 2. The molecule has 32 heavy (non-hydrogen) atoms. The molecule has 0 bridgehead atoms. The molecule has 0 radical (unpaired) electrons. The number of halogens is 2. The largest absolute Gasteiger partial charge is 0.461 e. The molecular weight excluding hydrogens is 475 g/mol. The van der Waals surface area contributed by atoms with E-state index < -0.39 is 16.0 Å². The number of benzene rings is 1. The molecule has 0 fully saturated rings. The fraction of sp³-hybridized carbons (Fsp3) is 0.524. The molecule has 11 heteroatoms. The van der Waals surface area contributed by atoms with Gasteiger partial charge in [0.25, 0.3) is 10.0 Å². The molecule has 0 amide bonds. The van der Waals surface area contributed by atoms with Gasteiger partial charge in [-0.3, -0.25) is 4.72 Å². The lowest BCUT2D eigenvalue weighted by atomic mass is 10.3. The monoisotopic (exact) mass is 504 g/mol. The Hall–Kier alpha value is -1.97. The summed E-state index contributed by atoms with van der Waals surface area (Å²) in [6.07, 6.45) is 1.30. The van der Waals surface area contributed by atoms with Gasteiger partial charge in [0.15, 0.2) is 11.5 Å². The van der Waals surface area contributed by atoms with E-state index in [1.807, 2.05) is 18.7 Å². The first kappa shape index (κ1) is 26.3. The van der Waals surface area contributed by atoms with Gasteiger partial charge in [0.1, 0.15) is 5.82 Å². The van der Waals surface area contributed by atoms with Crippen LogP contribution in [0.1, 0.15) is 43.5 Å². The number of hydrogen-bond donors (Lipinski definition) is 1. The van der Waals surface area contributed by atoms with Crippen LogP contribution in [0.3, 0.4) is 0 Å². The summed E-state index contributed by atoms with van der Waals surface area (Å²) in [4.78, 5) is 19.0. The Kier molecular flexibility index (Phi) is 10.1. The van der Waals surface area contributed by atoms with Crippen molar-refractivity contribution in [3.8, 4) is 0 Å². The fourth-order valence-corrected chi connectivity index (χ4v) is 4.72.